The second kappa shape index (κ2) is 8.41. The highest BCUT2D eigenvalue weighted by atomic mass is 32.2. The molecule has 1 N–H and O–H groups in total. The molecule has 0 radical (unpaired) electrons. The van der Waals surface area contributed by atoms with Gasteiger partial charge in [-0.2, -0.15) is 0 Å². The summed E-state index contributed by atoms with van der Waals surface area (Å²) in [5.74, 6) is 0.675. The lowest BCUT2D eigenvalue weighted by molar-refractivity contribution is -0.117. The predicted molar refractivity (Wildman–Crippen MR) is 102 cm³/mol. The number of thioether (sulfide) groups is 1. The Balaban J connectivity index is 1.60. The highest BCUT2D eigenvalue weighted by Gasteiger charge is 2.20. The van der Waals surface area contributed by atoms with Crippen LogP contribution >= 0.6 is 34.4 Å². The lowest BCUT2D eigenvalue weighted by Gasteiger charge is -2.13. The van der Waals surface area contributed by atoms with Gasteiger partial charge in [0.1, 0.15) is 0 Å². The van der Waals surface area contributed by atoms with Gasteiger partial charge in [0.05, 0.1) is 5.92 Å². The molecular formula is C17H17N3OS3. The number of thiophene rings is 1. The van der Waals surface area contributed by atoms with Crippen LogP contribution in [0.2, 0.25) is 0 Å². The second-order valence-electron chi connectivity index (χ2n) is 5.10. The van der Waals surface area contributed by atoms with Gasteiger partial charge in [0, 0.05) is 10.6 Å². The Bertz CT molecular complexity index is 772. The predicted octanol–water partition coefficient (Wildman–Crippen LogP) is 5.02. The molecule has 0 spiro atoms. The average Bonchev–Trinajstić information content (AvgIpc) is 3.26. The number of rotatable bonds is 7. The molecule has 124 valence electrons. The Morgan fingerprint density at radius 2 is 2.04 bits per heavy atom. The van der Waals surface area contributed by atoms with E-state index in [2.05, 4.69) is 27.0 Å². The maximum absolute atomic E-state index is 12.5. The smallest absolute Gasteiger partial charge is 0.233 e. The summed E-state index contributed by atoms with van der Waals surface area (Å²) in [5, 5.41) is 13.8. The van der Waals surface area contributed by atoms with E-state index in [0.29, 0.717) is 5.13 Å². The van der Waals surface area contributed by atoms with Gasteiger partial charge < -0.3 is 0 Å². The zero-order valence-electron chi connectivity index (χ0n) is 13.1. The van der Waals surface area contributed by atoms with Crippen molar-refractivity contribution in [1.82, 2.24) is 10.2 Å². The zero-order valence-corrected chi connectivity index (χ0v) is 15.6. The molecule has 3 aromatic rings. The molecule has 0 saturated heterocycles. The van der Waals surface area contributed by atoms with Crippen LogP contribution in [0, 0.1) is 0 Å². The van der Waals surface area contributed by atoms with E-state index in [0.717, 1.165) is 22.1 Å². The fourth-order valence-corrected chi connectivity index (χ4v) is 4.82. The molecule has 2 heterocycles. The Morgan fingerprint density at radius 3 is 2.75 bits per heavy atom. The summed E-state index contributed by atoms with van der Waals surface area (Å²) in [6.07, 6.45) is 0.745. The first kappa shape index (κ1) is 17.1. The number of carbonyl (C=O) groups excluding carboxylic acids is 1. The highest BCUT2D eigenvalue weighted by Crippen LogP contribution is 2.30. The molecule has 0 saturated carbocycles. The average molecular weight is 376 g/mol. The quantitative estimate of drug-likeness (QED) is 0.465. The minimum absolute atomic E-state index is 0.0327. The normalized spacial score (nSPS) is 12.0. The highest BCUT2D eigenvalue weighted by molar-refractivity contribution is 8.00. The number of hydrogen-bond acceptors (Lipinski definition) is 6. The fraction of sp³-hybridized carbons (Fsp3) is 0.235. The van der Waals surface area contributed by atoms with Crippen molar-refractivity contribution < 1.29 is 4.79 Å². The summed E-state index contributed by atoms with van der Waals surface area (Å²) in [5.41, 5.74) is 1.02. The number of nitrogens with zero attached hydrogens (tertiary/aromatic N) is 2. The van der Waals surface area contributed by atoms with Gasteiger partial charge in [0.15, 0.2) is 4.34 Å². The van der Waals surface area contributed by atoms with Crippen LogP contribution in [0.25, 0.3) is 0 Å². The van der Waals surface area contributed by atoms with Crippen LogP contribution in [0.3, 0.4) is 0 Å². The second-order valence-corrected chi connectivity index (χ2v) is 8.33. The zero-order chi connectivity index (χ0) is 16.8. The van der Waals surface area contributed by atoms with Gasteiger partial charge in [0.2, 0.25) is 11.0 Å². The lowest BCUT2D eigenvalue weighted by Crippen LogP contribution is -2.20. The van der Waals surface area contributed by atoms with Gasteiger partial charge in [-0.1, -0.05) is 66.4 Å². The maximum Gasteiger partial charge on any atom is 0.233 e. The molecule has 0 aliphatic heterocycles. The molecule has 0 fully saturated rings. The van der Waals surface area contributed by atoms with E-state index in [-0.39, 0.29) is 11.8 Å². The fourth-order valence-electron chi connectivity index (χ4n) is 2.30. The van der Waals surface area contributed by atoms with Crippen LogP contribution in [0.1, 0.15) is 29.7 Å². The van der Waals surface area contributed by atoms with Gasteiger partial charge in [-0.05, 0) is 23.4 Å². The van der Waals surface area contributed by atoms with Gasteiger partial charge in [-0.3, -0.25) is 10.1 Å². The Morgan fingerprint density at radius 1 is 1.21 bits per heavy atom. The van der Waals surface area contributed by atoms with E-state index in [4.69, 9.17) is 0 Å². The summed E-state index contributed by atoms with van der Waals surface area (Å²) in [6, 6.07) is 14.0. The molecule has 1 atom stereocenters. The van der Waals surface area contributed by atoms with E-state index >= 15 is 0 Å². The lowest BCUT2D eigenvalue weighted by atomic mass is 9.96. The number of carbonyl (C=O) groups is 1. The molecule has 7 heteroatoms. The van der Waals surface area contributed by atoms with Gasteiger partial charge in [-0.25, -0.2) is 0 Å². The summed E-state index contributed by atoms with van der Waals surface area (Å²) in [4.78, 5) is 13.8. The molecule has 4 nitrogen and oxygen atoms in total. The van der Waals surface area contributed by atoms with Gasteiger partial charge >= 0.3 is 0 Å². The molecule has 1 aromatic carbocycles. The van der Waals surface area contributed by atoms with Crippen LogP contribution in [0.4, 0.5) is 5.13 Å². The van der Waals surface area contributed by atoms with E-state index in [1.165, 1.54) is 16.2 Å². The van der Waals surface area contributed by atoms with Crippen molar-refractivity contribution in [2.45, 2.75) is 29.4 Å². The van der Waals surface area contributed by atoms with E-state index in [1.807, 2.05) is 43.3 Å². The number of nitrogens with one attached hydrogen (secondary N) is 1. The molecule has 0 bridgehead atoms. The Kier molecular flexibility index (Phi) is 6.01. The SMILES string of the molecule is CCC(C(=O)Nc1nnc(SCc2cccs2)s1)c1ccccc1. The number of aromatic nitrogens is 2. The third-order valence-corrected chi connectivity index (χ3v) is 6.56. The summed E-state index contributed by atoms with van der Waals surface area (Å²) in [7, 11) is 0. The van der Waals surface area contributed by atoms with Crippen molar-refractivity contribution >= 4 is 45.5 Å². The first-order valence-corrected chi connectivity index (χ1v) is 10.3. The van der Waals surface area contributed by atoms with Crippen LogP contribution < -0.4 is 5.32 Å². The molecular weight excluding hydrogens is 358 g/mol. The van der Waals surface area contributed by atoms with Gasteiger partial charge in [-0.15, -0.1) is 21.5 Å². The van der Waals surface area contributed by atoms with E-state index < -0.39 is 0 Å². The van der Waals surface area contributed by atoms with E-state index in [9.17, 15) is 4.79 Å². The summed E-state index contributed by atoms with van der Waals surface area (Å²) < 4.78 is 0.867. The van der Waals surface area contributed by atoms with Gasteiger partial charge in [0.25, 0.3) is 0 Å². The molecule has 0 aliphatic carbocycles. The van der Waals surface area contributed by atoms with Crippen molar-refractivity contribution in [2.75, 3.05) is 5.32 Å². The Labute approximate surface area is 153 Å². The molecule has 0 aliphatic rings. The molecule has 24 heavy (non-hydrogen) atoms. The monoisotopic (exact) mass is 375 g/mol. The summed E-state index contributed by atoms with van der Waals surface area (Å²) in [6.45, 7) is 2.01. The van der Waals surface area contributed by atoms with Crippen LogP contribution in [0.5, 0.6) is 0 Å². The maximum atomic E-state index is 12.5. The first-order valence-electron chi connectivity index (χ1n) is 7.60. The largest absolute Gasteiger partial charge is 0.300 e. The summed E-state index contributed by atoms with van der Waals surface area (Å²) >= 11 is 4.79. The third kappa shape index (κ3) is 4.43. The van der Waals surface area contributed by atoms with Crippen molar-refractivity contribution in [3.05, 3.63) is 58.3 Å². The van der Waals surface area contributed by atoms with Crippen molar-refractivity contribution in [1.29, 1.82) is 0 Å². The topological polar surface area (TPSA) is 54.9 Å². The van der Waals surface area contributed by atoms with Crippen molar-refractivity contribution in [3.8, 4) is 0 Å². The van der Waals surface area contributed by atoms with Crippen molar-refractivity contribution in [3.63, 3.8) is 0 Å². The van der Waals surface area contributed by atoms with Crippen molar-refractivity contribution in [2.24, 2.45) is 0 Å². The molecule has 3 rings (SSSR count). The number of amides is 1. The van der Waals surface area contributed by atoms with Crippen LogP contribution in [-0.4, -0.2) is 16.1 Å². The third-order valence-electron chi connectivity index (χ3n) is 3.48. The molecule has 1 amide bonds. The molecule has 2 aromatic heterocycles. The van der Waals surface area contributed by atoms with E-state index in [1.54, 1.807) is 23.1 Å². The first-order chi connectivity index (χ1) is 11.8. The van der Waals surface area contributed by atoms with Crippen LogP contribution in [0.15, 0.2) is 52.2 Å². The Hall–Kier alpha value is -1.70. The minimum Gasteiger partial charge on any atom is -0.300 e. The number of anilines is 1. The number of hydrogen-bond donors (Lipinski definition) is 1. The van der Waals surface area contributed by atoms with Crippen LogP contribution in [-0.2, 0) is 10.5 Å². The standard InChI is InChI=1S/C17H17N3OS3/c1-2-14(12-7-4-3-5-8-12)15(21)18-16-19-20-17(24-16)23-11-13-9-6-10-22-13/h3-10,14H,2,11H2,1H3,(H,18,19,21). The molecule has 1 unspecified atom stereocenters. The number of benzene rings is 1. The minimum atomic E-state index is -0.169.